The number of amides is 1. The highest BCUT2D eigenvalue weighted by Crippen LogP contribution is 2.36. The molecule has 29 heavy (non-hydrogen) atoms. The van der Waals surface area contributed by atoms with Crippen LogP contribution in [0.4, 0.5) is 13.2 Å². The Labute approximate surface area is 164 Å². The van der Waals surface area contributed by atoms with Gasteiger partial charge in [0.05, 0.1) is 5.39 Å². The van der Waals surface area contributed by atoms with Crippen LogP contribution in [0.2, 0.25) is 0 Å². The molecule has 1 aromatic heterocycles. The molecule has 0 spiro atoms. The molecule has 7 nitrogen and oxygen atoms in total. The summed E-state index contributed by atoms with van der Waals surface area (Å²) >= 11 is 0. The maximum Gasteiger partial charge on any atom is 0.406 e. The van der Waals surface area contributed by atoms with Gasteiger partial charge in [0.1, 0.15) is 6.54 Å². The summed E-state index contributed by atoms with van der Waals surface area (Å²) in [5.74, 6) is -1.90. The molecule has 1 amide bonds. The topological polar surface area (TPSA) is 81.5 Å². The summed E-state index contributed by atoms with van der Waals surface area (Å²) in [6.07, 6.45) is -3.04. The Balaban J connectivity index is 1.77. The van der Waals surface area contributed by atoms with Gasteiger partial charge < -0.3 is 9.64 Å². The lowest BCUT2D eigenvalue weighted by Gasteiger charge is -2.30. The van der Waals surface area contributed by atoms with E-state index in [1.165, 1.54) is 19.2 Å². The molecule has 156 valence electrons. The van der Waals surface area contributed by atoms with Crippen molar-refractivity contribution in [3.05, 3.63) is 40.3 Å². The molecule has 10 heteroatoms. The summed E-state index contributed by atoms with van der Waals surface area (Å²) < 4.78 is 44.6. The average molecular weight is 411 g/mol. The number of aromatic nitrogens is 2. The molecular weight excluding hydrogens is 391 g/mol. The van der Waals surface area contributed by atoms with Crippen molar-refractivity contribution in [2.45, 2.75) is 32.0 Å². The van der Waals surface area contributed by atoms with Gasteiger partial charge in [-0.15, -0.1) is 0 Å². The van der Waals surface area contributed by atoms with Crippen molar-refractivity contribution in [2.75, 3.05) is 13.2 Å². The number of carbonyl (C=O) groups is 2. The molecule has 2 aromatic rings. The first-order chi connectivity index (χ1) is 13.6. The maximum absolute atomic E-state index is 12.9. The molecule has 0 radical (unpaired) electrons. The van der Waals surface area contributed by atoms with Gasteiger partial charge in [0.2, 0.25) is 0 Å². The molecule has 1 aliphatic carbocycles. The van der Waals surface area contributed by atoms with Crippen LogP contribution < -0.4 is 5.56 Å². The lowest BCUT2D eigenvalue weighted by molar-refractivity contribution is -0.167. The molecule has 0 N–H and O–H groups in total. The van der Waals surface area contributed by atoms with Gasteiger partial charge in [-0.25, -0.2) is 9.48 Å². The van der Waals surface area contributed by atoms with Gasteiger partial charge in [-0.1, -0.05) is 18.2 Å². The molecule has 0 unspecified atom stereocenters. The Hall–Kier alpha value is -2.91. The van der Waals surface area contributed by atoms with Crippen LogP contribution >= 0.6 is 0 Å². The Morgan fingerprint density at radius 3 is 2.48 bits per heavy atom. The van der Waals surface area contributed by atoms with E-state index in [1.807, 2.05) is 0 Å². The highest BCUT2D eigenvalue weighted by atomic mass is 19.4. The van der Waals surface area contributed by atoms with Crippen LogP contribution in [0, 0.1) is 5.92 Å². The van der Waals surface area contributed by atoms with Gasteiger partial charge in [-0.2, -0.15) is 18.3 Å². The minimum absolute atomic E-state index is 0.0197. The number of ether oxygens (including phenoxy) is 1. The quantitative estimate of drug-likeness (QED) is 0.682. The molecule has 1 aromatic carbocycles. The van der Waals surface area contributed by atoms with Gasteiger partial charge in [-0.3, -0.25) is 9.59 Å². The molecule has 0 aliphatic heterocycles. The molecule has 0 bridgehead atoms. The second kappa shape index (κ2) is 7.84. The van der Waals surface area contributed by atoms with Crippen molar-refractivity contribution >= 4 is 22.6 Å². The van der Waals surface area contributed by atoms with E-state index in [4.69, 9.17) is 4.74 Å². The summed E-state index contributed by atoms with van der Waals surface area (Å²) in [6.45, 7) is -0.682. The van der Waals surface area contributed by atoms with E-state index in [0.29, 0.717) is 4.90 Å². The zero-order valence-electron chi connectivity index (χ0n) is 15.9. The Morgan fingerprint density at radius 1 is 1.28 bits per heavy atom. The Morgan fingerprint density at radius 2 is 1.90 bits per heavy atom. The second-order valence-electron chi connectivity index (χ2n) is 7.11. The lowest BCUT2D eigenvalue weighted by atomic mass is 10.1. The third-order valence-electron chi connectivity index (χ3n) is 4.94. The molecule has 1 saturated carbocycles. The number of fused-ring (bicyclic) bond motifs is 1. The number of benzene rings is 1. The molecular formula is C19H20F3N3O4. The molecule has 1 fully saturated rings. The van der Waals surface area contributed by atoms with Crippen LogP contribution in [0.15, 0.2) is 29.1 Å². The Kier molecular flexibility index (Phi) is 5.63. The van der Waals surface area contributed by atoms with Crippen LogP contribution in [0.5, 0.6) is 0 Å². The first kappa shape index (κ1) is 20.8. The number of rotatable bonds is 6. The second-order valence-corrected chi connectivity index (χ2v) is 7.11. The number of esters is 1. The molecule has 1 heterocycles. The fourth-order valence-corrected chi connectivity index (χ4v) is 3.21. The minimum atomic E-state index is -4.56. The number of halogens is 3. The third-order valence-corrected chi connectivity index (χ3v) is 4.94. The summed E-state index contributed by atoms with van der Waals surface area (Å²) in [5, 5.41) is 4.36. The minimum Gasteiger partial charge on any atom is -0.451 e. The first-order valence-electron chi connectivity index (χ1n) is 9.08. The highest BCUT2D eigenvalue weighted by molar-refractivity contribution is 6.02. The van der Waals surface area contributed by atoms with Crippen LogP contribution in [-0.4, -0.2) is 51.9 Å². The maximum atomic E-state index is 12.9. The molecule has 3 rings (SSSR count). The van der Waals surface area contributed by atoms with Gasteiger partial charge in [0.25, 0.3) is 11.5 Å². The summed E-state index contributed by atoms with van der Waals surface area (Å²) in [7, 11) is 1.36. The van der Waals surface area contributed by atoms with Crippen molar-refractivity contribution in [2.24, 2.45) is 13.0 Å². The molecule has 1 atom stereocenters. The predicted molar refractivity (Wildman–Crippen MR) is 97.2 cm³/mol. The average Bonchev–Trinajstić information content (AvgIpc) is 3.51. The monoisotopic (exact) mass is 411 g/mol. The number of aryl methyl sites for hydroxylation is 1. The van der Waals surface area contributed by atoms with Gasteiger partial charge in [0.15, 0.2) is 12.3 Å². The van der Waals surface area contributed by atoms with Crippen LogP contribution in [0.3, 0.4) is 0 Å². The van der Waals surface area contributed by atoms with Crippen molar-refractivity contribution < 1.29 is 27.5 Å². The SMILES string of the molecule is C[C@H](C1CC1)N(CC(F)(F)F)C(=O)COC(=O)c1nn(C)c(=O)c2ccccc12. The number of carbonyl (C=O) groups excluding carboxylic acids is 2. The van der Waals surface area contributed by atoms with Gasteiger partial charge in [0, 0.05) is 18.5 Å². The predicted octanol–water partition coefficient (Wildman–Crippen LogP) is 2.28. The largest absolute Gasteiger partial charge is 0.451 e. The van der Waals surface area contributed by atoms with Crippen molar-refractivity contribution in [1.29, 1.82) is 0 Å². The third kappa shape index (κ3) is 4.75. The van der Waals surface area contributed by atoms with Crippen molar-refractivity contribution in [3.8, 4) is 0 Å². The smallest absolute Gasteiger partial charge is 0.406 e. The molecule has 1 aliphatic rings. The normalized spacial score (nSPS) is 15.2. The van der Waals surface area contributed by atoms with E-state index in [1.54, 1.807) is 19.1 Å². The summed E-state index contributed by atoms with van der Waals surface area (Å²) in [6, 6.07) is 5.65. The Bertz CT molecular complexity index is 998. The van der Waals surface area contributed by atoms with Crippen LogP contribution in [0.1, 0.15) is 30.3 Å². The van der Waals surface area contributed by atoms with E-state index in [-0.39, 0.29) is 22.4 Å². The van der Waals surface area contributed by atoms with E-state index in [0.717, 1.165) is 17.5 Å². The lowest BCUT2D eigenvalue weighted by Crippen LogP contribution is -2.47. The fourth-order valence-electron chi connectivity index (χ4n) is 3.21. The first-order valence-corrected chi connectivity index (χ1v) is 9.08. The number of hydrogen-bond acceptors (Lipinski definition) is 5. The highest BCUT2D eigenvalue weighted by Gasteiger charge is 2.40. The zero-order valence-corrected chi connectivity index (χ0v) is 15.9. The zero-order chi connectivity index (χ0) is 21.3. The van der Waals surface area contributed by atoms with Crippen molar-refractivity contribution in [1.82, 2.24) is 14.7 Å². The summed E-state index contributed by atoms with van der Waals surface area (Å²) in [4.78, 5) is 37.7. The van der Waals surface area contributed by atoms with E-state index in [9.17, 15) is 27.6 Å². The molecule has 0 saturated heterocycles. The van der Waals surface area contributed by atoms with E-state index in [2.05, 4.69) is 5.10 Å². The van der Waals surface area contributed by atoms with Gasteiger partial charge in [-0.05, 0) is 31.7 Å². The van der Waals surface area contributed by atoms with Gasteiger partial charge >= 0.3 is 12.1 Å². The number of nitrogens with zero attached hydrogens (tertiary/aromatic N) is 3. The van der Waals surface area contributed by atoms with E-state index < -0.39 is 42.8 Å². The number of alkyl halides is 3. The summed E-state index contributed by atoms with van der Waals surface area (Å²) in [5.41, 5.74) is -0.601. The van der Waals surface area contributed by atoms with Crippen LogP contribution in [0.25, 0.3) is 10.8 Å². The van der Waals surface area contributed by atoms with E-state index >= 15 is 0 Å². The standard InChI is InChI=1S/C19H20F3N3O4/c1-11(12-7-8-12)25(10-19(20,21)22)15(26)9-29-18(28)16-13-5-3-4-6-14(13)17(27)24(2)23-16/h3-6,11-12H,7-10H2,1-2H3/t11-/m1/s1. The fraction of sp³-hybridized carbons (Fsp3) is 0.474. The number of hydrogen-bond donors (Lipinski definition) is 0. The van der Waals surface area contributed by atoms with Crippen LogP contribution in [-0.2, 0) is 16.6 Å². The van der Waals surface area contributed by atoms with Crippen molar-refractivity contribution in [3.63, 3.8) is 0 Å².